The van der Waals surface area contributed by atoms with Gasteiger partial charge in [0.2, 0.25) is 0 Å². The highest BCUT2D eigenvalue weighted by molar-refractivity contribution is 6.39. The Balaban J connectivity index is 1.62. The summed E-state index contributed by atoms with van der Waals surface area (Å²) in [6, 6.07) is 16.9. The average Bonchev–Trinajstić information content (AvgIpc) is 3.25. The number of imide groups is 2. The maximum atomic E-state index is 13.1. The molecule has 1 aliphatic heterocycles. The minimum atomic E-state index is -0.783. The number of urea groups is 1. The summed E-state index contributed by atoms with van der Waals surface area (Å²) in [5.74, 6) is -0.238. The van der Waals surface area contributed by atoms with Crippen LogP contribution in [0.4, 0.5) is 10.5 Å². The third-order valence-corrected chi connectivity index (χ3v) is 5.73. The van der Waals surface area contributed by atoms with E-state index in [4.69, 9.17) is 16.0 Å². The van der Waals surface area contributed by atoms with Gasteiger partial charge in [-0.3, -0.25) is 14.9 Å². The zero-order valence-corrected chi connectivity index (χ0v) is 18.3. The van der Waals surface area contributed by atoms with E-state index in [2.05, 4.69) is 19.2 Å². The molecule has 3 aromatic rings. The van der Waals surface area contributed by atoms with E-state index in [1.807, 2.05) is 12.1 Å². The van der Waals surface area contributed by atoms with Crippen LogP contribution < -0.4 is 10.2 Å². The Morgan fingerprint density at radius 1 is 1.00 bits per heavy atom. The van der Waals surface area contributed by atoms with Gasteiger partial charge in [-0.1, -0.05) is 37.6 Å². The minimum Gasteiger partial charge on any atom is -0.457 e. The normalized spacial score (nSPS) is 16.4. The Hall–Kier alpha value is -3.64. The lowest BCUT2D eigenvalue weighted by Crippen LogP contribution is -2.54. The standard InChI is InChI=1S/C25H21ClN2O4/c1-3-15(2)16-6-10-19(11-7-16)28-24(30)21(23(29)27-25(28)31)14-20-12-13-22(32-20)17-4-8-18(26)9-5-17/h4-15H,3H2,1-2H3,(H,27,29,31). The number of nitrogens with zero attached hydrogens (tertiary/aromatic N) is 1. The first-order valence-corrected chi connectivity index (χ1v) is 10.6. The fourth-order valence-electron chi connectivity index (χ4n) is 3.42. The van der Waals surface area contributed by atoms with Gasteiger partial charge >= 0.3 is 6.03 Å². The van der Waals surface area contributed by atoms with Crippen molar-refractivity contribution in [2.24, 2.45) is 0 Å². The Morgan fingerprint density at radius 2 is 1.69 bits per heavy atom. The Bertz CT molecular complexity index is 1210. The zero-order valence-electron chi connectivity index (χ0n) is 17.6. The Morgan fingerprint density at radius 3 is 2.34 bits per heavy atom. The zero-order chi connectivity index (χ0) is 22.8. The van der Waals surface area contributed by atoms with Gasteiger partial charge in [-0.15, -0.1) is 0 Å². The number of rotatable bonds is 5. The molecule has 6 nitrogen and oxygen atoms in total. The lowest BCUT2D eigenvalue weighted by atomic mass is 9.98. The molecule has 1 unspecified atom stereocenters. The highest BCUT2D eigenvalue weighted by atomic mass is 35.5. The van der Waals surface area contributed by atoms with Gasteiger partial charge in [0.15, 0.2) is 0 Å². The van der Waals surface area contributed by atoms with Crippen LogP contribution in [0, 0.1) is 0 Å². The molecule has 0 bridgehead atoms. The van der Waals surface area contributed by atoms with E-state index in [1.165, 1.54) is 6.08 Å². The number of hydrogen-bond donors (Lipinski definition) is 1. The predicted molar refractivity (Wildman–Crippen MR) is 123 cm³/mol. The lowest BCUT2D eigenvalue weighted by molar-refractivity contribution is -0.122. The summed E-state index contributed by atoms with van der Waals surface area (Å²) >= 11 is 5.92. The van der Waals surface area contributed by atoms with Crippen LogP contribution in [0.2, 0.25) is 5.02 Å². The molecule has 1 saturated heterocycles. The van der Waals surface area contributed by atoms with E-state index >= 15 is 0 Å². The molecule has 0 spiro atoms. The number of furan rings is 1. The first-order chi connectivity index (χ1) is 15.4. The van der Waals surface area contributed by atoms with Gasteiger partial charge in [0.05, 0.1) is 5.69 Å². The van der Waals surface area contributed by atoms with Crippen molar-refractivity contribution < 1.29 is 18.8 Å². The van der Waals surface area contributed by atoms with Gasteiger partial charge in [0.1, 0.15) is 17.1 Å². The SMILES string of the molecule is CCC(C)c1ccc(N2C(=O)NC(=O)C(=Cc3ccc(-c4ccc(Cl)cc4)o3)C2=O)cc1. The quantitative estimate of drug-likeness (QED) is 0.396. The average molecular weight is 449 g/mol. The van der Waals surface area contributed by atoms with Crippen molar-refractivity contribution in [1.29, 1.82) is 0 Å². The molecule has 0 saturated carbocycles. The lowest BCUT2D eigenvalue weighted by Gasteiger charge is -2.26. The van der Waals surface area contributed by atoms with Crippen LogP contribution in [0.5, 0.6) is 0 Å². The van der Waals surface area contributed by atoms with Crippen molar-refractivity contribution in [2.75, 3.05) is 4.90 Å². The third-order valence-electron chi connectivity index (χ3n) is 5.48. The summed E-state index contributed by atoms with van der Waals surface area (Å²) in [6.07, 6.45) is 2.31. The second-order valence-electron chi connectivity index (χ2n) is 7.57. The number of barbiturate groups is 1. The summed E-state index contributed by atoms with van der Waals surface area (Å²) in [4.78, 5) is 38.8. The molecule has 1 aromatic heterocycles. The van der Waals surface area contributed by atoms with Gasteiger partial charge in [0.25, 0.3) is 11.8 Å². The molecule has 1 aliphatic rings. The Labute approximate surface area is 190 Å². The fraction of sp³-hybridized carbons (Fsp3) is 0.160. The number of carbonyl (C=O) groups excluding carboxylic acids is 3. The summed E-state index contributed by atoms with van der Waals surface area (Å²) in [5.41, 5.74) is 2.11. The highest BCUT2D eigenvalue weighted by Crippen LogP contribution is 2.28. The summed E-state index contributed by atoms with van der Waals surface area (Å²) < 4.78 is 5.78. The number of halogens is 1. The topological polar surface area (TPSA) is 79.6 Å². The fourth-order valence-corrected chi connectivity index (χ4v) is 3.55. The number of hydrogen-bond acceptors (Lipinski definition) is 4. The van der Waals surface area contributed by atoms with E-state index < -0.39 is 17.8 Å². The van der Waals surface area contributed by atoms with Crippen LogP contribution in [-0.4, -0.2) is 17.8 Å². The first kappa shape index (κ1) is 21.6. The Kier molecular flexibility index (Phi) is 5.97. The molecule has 0 radical (unpaired) electrons. The predicted octanol–water partition coefficient (Wildman–Crippen LogP) is 5.78. The van der Waals surface area contributed by atoms with Crippen LogP contribution >= 0.6 is 11.6 Å². The van der Waals surface area contributed by atoms with Gasteiger partial charge in [0, 0.05) is 10.6 Å². The molecular weight excluding hydrogens is 428 g/mol. The van der Waals surface area contributed by atoms with Gasteiger partial charge in [-0.25, -0.2) is 9.69 Å². The number of benzene rings is 2. The van der Waals surface area contributed by atoms with Crippen molar-refractivity contribution in [2.45, 2.75) is 26.2 Å². The van der Waals surface area contributed by atoms with Crippen LogP contribution in [0.3, 0.4) is 0 Å². The van der Waals surface area contributed by atoms with Gasteiger partial charge in [-0.05, 0) is 72.5 Å². The van der Waals surface area contributed by atoms with Crippen LogP contribution in [0.25, 0.3) is 17.4 Å². The van der Waals surface area contributed by atoms with E-state index in [1.54, 1.807) is 48.5 Å². The molecule has 162 valence electrons. The molecule has 1 fully saturated rings. The number of carbonyl (C=O) groups is 3. The molecule has 1 N–H and O–H groups in total. The summed E-state index contributed by atoms with van der Waals surface area (Å²) in [6.45, 7) is 4.20. The number of anilines is 1. The van der Waals surface area contributed by atoms with Gasteiger partial charge < -0.3 is 4.42 Å². The third kappa shape index (κ3) is 4.22. The molecule has 4 rings (SSSR count). The molecule has 2 aromatic carbocycles. The minimum absolute atomic E-state index is 0.187. The van der Waals surface area contributed by atoms with E-state index in [-0.39, 0.29) is 5.57 Å². The maximum Gasteiger partial charge on any atom is 0.335 e. The van der Waals surface area contributed by atoms with E-state index in [0.29, 0.717) is 28.1 Å². The molecule has 7 heteroatoms. The second kappa shape index (κ2) is 8.85. The largest absolute Gasteiger partial charge is 0.457 e. The summed E-state index contributed by atoms with van der Waals surface area (Å²) in [7, 11) is 0. The van der Waals surface area contributed by atoms with Crippen LogP contribution in [0.1, 0.15) is 37.5 Å². The van der Waals surface area contributed by atoms with Crippen molar-refractivity contribution in [3.05, 3.63) is 82.6 Å². The maximum absolute atomic E-state index is 13.1. The van der Waals surface area contributed by atoms with Crippen LogP contribution in [0.15, 0.2) is 70.7 Å². The first-order valence-electron chi connectivity index (χ1n) is 10.2. The number of nitrogens with one attached hydrogen (secondary N) is 1. The van der Waals surface area contributed by atoms with Gasteiger partial charge in [-0.2, -0.15) is 0 Å². The van der Waals surface area contributed by atoms with Crippen LogP contribution in [-0.2, 0) is 9.59 Å². The van der Waals surface area contributed by atoms with Crippen molar-refractivity contribution in [3.63, 3.8) is 0 Å². The second-order valence-corrected chi connectivity index (χ2v) is 8.00. The molecule has 1 atom stereocenters. The summed E-state index contributed by atoms with van der Waals surface area (Å²) in [5, 5.41) is 2.83. The molecule has 32 heavy (non-hydrogen) atoms. The molecule has 2 heterocycles. The van der Waals surface area contributed by atoms with Crippen molar-refractivity contribution >= 4 is 41.2 Å². The molecule has 0 aliphatic carbocycles. The smallest absolute Gasteiger partial charge is 0.335 e. The monoisotopic (exact) mass is 448 g/mol. The molecular formula is C25H21ClN2O4. The van der Waals surface area contributed by atoms with Crippen molar-refractivity contribution in [1.82, 2.24) is 5.32 Å². The van der Waals surface area contributed by atoms with E-state index in [9.17, 15) is 14.4 Å². The highest BCUT2D eigenvalue weighted by Gasteiger charge is 2.37. The van der Waals surface area contributed by atoms with E-state index in [0.717, 1.165) is 22.4 Å². The molecule has 4 amide bonds. The number of amides is 4. The van der Waals surface area contributed by atoms with Crippen molar-refractivity contribution in [3.8, 4) is 11.3 Å².